The van der Waals surface area contributed by atoms with E-state index in [9.17, 15) is 9.59 Å². The van der Waals surface area contributed by atoms with Gasteiger partial charge in [0.2, 0.25) is 5.78 Å². The minimum atomic E-state index is -0.198. The molecule has 0 radical (unpaired) electrons. The predicted octanol–water partition coefficient (Wildman–Crippen LogP) is 6.53. The molecule has 0 unspecified atom stereocenters. The van der Waals surface area contributed by atoms with Gasteiger partial charge in [-0.1, -0.05) is 32.9 Å². The molecule has 4 aromatic rings. The first kappa shape index (κ1) is 22.3. The number of ether oxygens (including phenoxy) is 1. The number of carbonyl (C=O) groups excluding carboxylic acids is 2. The lowest BCUT2D eigenvalue weighted by Crippen LogP contribution is -2.14. The lowest BCUT2D eigenvalue weighted by Gasteiger charge is -2.19. The highest BCUT2D eigenvalue weighted by atomic mass is 16.5. The van der Waals surface area contributed by atoms with Crippen molar-refractivity contribution in [3.05, 3.63) is 94.7 Å². The summed E-state index contributed by atoms with van der Waals surface area (Å²) in [5.41, 5.74) is 4.27. The van der Waals surface area contributed by atoms with Crippen molar-refractivity contribution in [1.29, 1.82) is 0 Å². The van der Waals surface area contributed by atoms with E-state index in [0.717, 1.165) is 10.9 Å². The van der Waals surface area contributed by atoms with E-state index < -0.39 is 0 Å². The van der Waals surface area contributed by atoms with Gasteiger partial charge in [0.1, 0.15) is 11.3 Å². The number of benzene rings is 3. The molecule has 168 valence electrons. The Morgan fingerprint density at radius 3 is 2.12 bits per heavy atom. The number of ketones is 1. The lowest BCUT2D eigenvalue weighted by molar-refractivity contribution is 0.101. The molecular weight excluding hydrogens is 414 g/mol. The third-order valence-corrected chi connectivity index (χ3v) is 5.77. The van der Waals surface area contributed by atoms with Gasteiger partial charge in [0, 0.05) is 27.8 Å². The van der Waals surface area contributed by atoms with Crippen molar-refractivity contribution < 1.29 is 18.7 Å². The van der Waals surface area contributed by atoms with Crippen molar-refractivity contribution >= 4 is 28.3 Å². The molecule has 0 aliphatic rings. The number of furan rings is 1. The summed E-state index contributed by atoms with van der Waals surface area (Å²) in [5, 5.41) is 3.72. The van der Waals surface area contributed by atoms with E-state index >= 15 is 0 Å². The van der Waals surface area contributed by atoms with Crippen LogP contribution >= 0.6 is 0 Å². The average molecular weight is 442 g/mol. The quantitative estimate of drug-likeness (QED) is 0.358. The normalized spacial score (nSPS) is 11.4. The van der Waals surface area contributed by atoms with Crippen molar-refractivity contribution in [2.45, 2.75) is 33.1 Å². The van der Waals surface area contributed by atoms with Crippen molar-refractivity contribution in [2.24, 2.45) is 0 Å². The van der Waals surface area contributed by atoms with Gasteiger partial charge in [-0.15, -0.1) is 0 Å². The number of amides is 1. The number of fused-ring (bicyclic) bond motifs is 1. The Labute approximate surface area is 193 Å². The molecule has 5 nitrogen and oxygen atoms in total. The minimum absolute atomic E-state index is 0.0276. The van der Waals surface area contributed by atoms with Crippen LogP contribution in [0.1, 0.15) is 58.4 Å². The van der Waals surface area contributed by atoms with E-state index in [1.54, 1.807) is 43.5 Å². The van der Waals surface area contributed by atoms with Crippen molar-refractivity contribution in [3.8, 4) is 5.75 Å². The zero-order chi connectivity index (χ0) is 23.8. The van der Waals surface area contributed by atoms with Crippen molar-refractivity contribution in [1.82, 2.24) is 0 Å². The second-order valence-corrected chi connectivity index (χ2v) is 9.11. The summed E-state index contributed by atoms with van der Waals surface area (Å²) in [5.74, 6) is 0.582. The average Bonchev–Trinajstić information content (AvgIpc) is 3.14. The first-order valence-electron chi connectivity index (χ1n) is 10.8. The van der Waals surface area contributed by atoms with Crippen LogP contribution in [0.15, 0.2) is 71.1 Å². The third kappa shape index (κ3) is 4.53. The Kier molecular flexibility index (Phi) is 5.81. The summed E-state index contributed by atoms with van der Waals surface area (Å²) >= 11 is 0. The summed E-state index contributed by atoms with van der Waals surface area (Å²) in [6.07, 6.45) is 0. The summed E-state index contributed by atoms with van der Waals surface area (Å²) in [6, 6.07) is 19.9. The molecule has 5 heteroatoms. The topological polar surface area (TPSA) is 68.5 Å². The highest BCUT2D eigenvalue weighted by molar-refractivity contribution is 6.11. The Hall–Kier alpha value is -3.86. The molecule has 1 N–H and O–H groups in total. The predicted molar refractivity (Wildman–Crippen MR) is 130 cm³/mol. The van der Waals surface area contributed by atoms with Crippen LogP contribution in [0, 0.1) is 6.92 Å². The molecule has 4 rings (SSSR count). The van der Waals surface area contributed by atoms with Gasteiger partial charge in [0.25, 0.3) is 5.91 Å². The van der Waals surface area contributed by atoms with Crippen LogP contribution in [0.3, 0.4) is 0 Å². The van der Waals surface area contributed by atoms with E-state index in [2.05, 4.69) is 26.1 Å². The number of methoxy groups -OCH3 is 1. The van der Waals surface area contributed by atoms with Gasteiger partial charge >= 0.3 is 0 Å². The summed E-state index contributed by atoms with van der Waals surface area (Å²) in [6.45, 7) is 8.26. The standard InChI is InChI=1S/C28H27NO4/c1-17-23-16-21(29-27(31)19-6-10-20(11-7-19)28(2,3)4)12-15-24(23)33-26(17)25(30)18-8-13-22(32-5)14-9-18/h6-16H,1-5H3,(H,29,31). The van der Waals surface area contributed by atoms with Crippen LogP contribution in [-0.2, 0) is 5.41 Å². The molecule has 0 bridgehead atoms. The zero-order valence-electron chi connectivity index (χ0n) is 19.5. The monoisotopic (exact) mass is 441 g/mol. The van der Waals surface area contributed by atoms with Crippen molar-refractivity contribution in [2.75, 3.05) is 12.4 Å². The minimum Gasteiger partial charge on any atom is -0.497 e. The third-order valence-electron chi connectivity index (χ3n) is 5.77. The number of rotatable bonds is 5. The summed E-state index contributed by atoms with van der Waals surface area (Å²) in [7, 11) is 1.58. The van der Waals surface area contributed by atoms with Crippen LogP contribution in [0.2, 0.25) is 0 Å². The summed E-state index contributed by atoms with van der Waals surface area (Å²) < 4.78 is 11.0. The SMILES string of the molecule is COc1ccc(C(=O)c2oc3ccc(NC(=O)c4ccc(C(C)(C)C)cc4)cc3c2C)cc1. The maximum absolute atomic E-state index is 13.0. The lowest BCUT2D eigenvalue weighted by atomic mass is 9.87. The first-order valence-corrected chi connectivity index (χ1v) is 10.8. The van der Waals surface area contributed by atoms with Crippen molar-refractivity contribution in [3.63, 3.8) is 0 Å². The zero-order valence-corrected chi connectivity index (χ0v) is 19.5. The molecule has 0 atom stereocenters. The van der Waals surface area contributed by atoms with Gasteiger partial charge in [-0.25, -0.2) is 0 Å². The first-order chi connectivity index (χ1) is 15.7. The fraction of sp³-hybridized carbons (Fsp3) is 0.214. The Morgan fingerprint density at radius 1 is 0.879 bits per heavy atom. The Balaban J connectivity index is 1.57. The molecule has 0 saturated heterocycles. The van der Waals surface area contributed by atoms with Gasteiger partial charge < -0.3 is 14.5 Å². The molecule has 3 aromatic carbocycles. The van der Waals surface area contributed by atoms with Gasteiger partial charge in [-0.05, 0) is 72.5 Å². The fourth-order valence-electron chi connectivity index (χ4n) is 3.71. The molecule has 0 aliphatic carbocycles. The van der Waals surface area contributed by atoms with Gasteiger partial charge in [0.05, 0.1) is 7.11 Å². The summed E-state index contributed by atoms with van der Waals surface area (Å²) in [4.78, 5) is 25.7. The van der Waals surface area contributed by atoms with Crippen LogP contribution in [-0.4, -0.2) is 18.8 Å². The molecule has 1 heterocycles. The maximum atomic E-state index is 13.0. The highest BCUT2D eigenvalue weighted by Crippen LogP contribution is 2.30. The molecule has 0 saturated carbocycles. The molecule has 1 amide bonds. The Morgan fingerprint density at radius 2 is 1.52 bits per heavy atom. The highest BCUT2D eigenvalue weighted by Gasteiger charge is 2.20. The van der Waals surface area contributed by atoms with Crippen LogP contribution < -0.4 is 10.1 Å². The van der Waals surface area contributed by atoms with E-state index in [0.29, 0.717) is 28.1 Å². The van der Waals surface area contributed by atoms with Gasteiger partial charge in [-0.3, -0.25) is 9.59 Å². The van der Waals surface area contributed by atoms with Crippen LogP contribution in [0.5, 0.6) is 5.75 Å². The molecule has 1 aromatic heterocycles. The second-order valence-electron chi connectivity index (χ2n) is 9.11. The van der Waals surface area contributed by atoms with Crippen LogP contribution in [0.4, 0.5) is 5.69 Å². The van der Waals surface area contributed by atoms with E-state index in [-0.39, 0.29) is 22.9 Å². The number of anilines is 1. The number of aryl methyl sites for hydroxylation is 1. The van der Waals surface area contributed by atoms with Gasteiger partial charge in [0.15, 0.2) is 5.76 Å². The largest absolute Gasteiger partial charge is 0.497 e. The van der Waals surface area contributed by atoms with Gasteiger partial charge in [-0.2, -0.15) is 0 Å². The van der Waals surface area contributed by atoms with Crippen LogP contribution in [0.25, 0.3) is 11.0 Å². The number of nitrogens with one attached hydrogen (secondary N) is 1. The van der Waals surface area contributed by atoms with E-state index in [4.69, 9.17) is 9.15 Å². The maximum Gasteiger partial charge on any atom is 0.255 e. The Bertz CT molecular complexity index is 1320. The molecule has 0 spiro atoms. The van der Waals surface area contributed by atoms with E-state index in [1.807, 2.05) is 37.3 Å². The smallest absolute Gasteiger partial charge is 0.255 e. The second kappa shape index (κ2) is 8.58. The molecular formula is C28H27NO4. The number of hydrogen-bond donors (Lipinski definition) is 1. The molecule has 0 fully saturated rings. The fourth-order valence-corrected chi connectivity index (χ4v) is 3.71. The molecule has 0 aliphatic heterocycles. The van der Waals surface area contributed by atoms with E-state index in [1.165, 1.54) is 5.56 Å². The molecule has 33 heavy (non-hydrogen) atoms. The number of hydrogen-bond acceptors (Lipinski definition) is 4. The number of carbonyl (C=O) groups is 2.